The van der Waals surface area contributed by atoms with E-state index in [0.717, 1.165) is 35.1 Å². The quantitative estimate of drug-likeness (QED) is 0.282. The van der Waals surface area contributed by atoms with Crippen LogP contribution in [0.2, 0.25) is 0 Å². The SMILES string of the molecule is Cc1ccc2c(c1)C(=O)c1cc(NC(=O)C[C@H](c3ccccc3)N3C(=O)[C@@H]4[C@H](C3=O)[C@H]3C=C[C@H]4CC3)ccc1-2. The van der Waals surface area contributed by atoms with Gasteiger partial charge in [0.1, 0.15) is 0 Å². The van der Waals surface area contributed by atoms with Crippen LogP contribution in [-0.4, -0.2) is 28.4 Å². The first-order valence-electron chi connectivity index (χ1n) is 13.6. The first-order valence-corrected chi connectivity index (χ1v) is 13.6. The molecular weight excluding hydrogens is 488 g/mol. The Hall–Kier alpha value is -4.32. The standard InChI is InChI=1S/C33H28N2O4/c1-18-7-13-23-24-14-12-22(16-26(24)31(37)25(23)15-18)34-28(36)17-27(19-5-3-2-4-6-19)35-32(38)29-20-8-9-21(11-10-20)30(29)33(35)39/h2-9,12-16,20-21,27,29-30H,10-11,17H2,1H3,(H,34,36)/t20-,21-,27+,29-,30+/m0/s1. The Balaban J connectivity index is 1.16. The fourth-order valence-corrected chi connectivity index (χ4v) is 7.10. The summed E-state index contributed by atoms with van der Waals surface area (Å²) in [4.78, 5) is 55.2. The molecule has 6 heteroatoms. The first-order chi connectivity index (χ1) is 18.9. The van der Waals surface area contributed by atoms with Crippen LogP contribution in [0.5, 0.6) is 0 Å². The third-order valence-electron chi connectivity index (χ3n) is 8.93. The Bertz CT molecular complexity index is 1560. The molecule has 4 aliphatic carbocycles. The van der Waals surface area contributed by atoms with Gasteiger partial charge in [-0.1, -0.05) is 66.2 Å². The molecule has 2 fully saturated rings. The molecule has 3 aromatic rings. The number of ketones is 1. The lowest BCUT2D eigenvalue weighted by atomic mass is 9.63. The number of carbonyl (C=O) groups is 4. The molecule has 5 aliphatic rings. The van der Waals surface area contributed by atoms with Gasteiger partial charge in [-0.25, -0.2) is 0 Å². The molecule has 39 heavy (non-hydrogen) atoms. The van der Waals surface area contributed by atoms with E-state index in [1.165, 1.54) is 4.90 Å². The number of nitrogens with zero attached hydrogens (tertiary/aromatic N) is 1. The monoisotopic (exact) mass is 516 g/mol. The molecule has 0 radical (unpaired) electrons. The fourth-order valence-electron chi connectivity index (χ4n) is 7.10. The molecule has 1 N–H and O–H groups in total. The highest BCUT2D eigenvalue weighted by Crippen LogP contribution is 2.51. The maximum Gasteiger partial charge on any atom is 0.234 e. The van der Waals surface area contributed by atoms with Gasteiger partial charge in [0.15, 0.2) is 5.78 Å². The Morgan fingerprint density at radius 1 is 0.821 bits per heavy atom. The van der Waals surface area contributed by atoms with Crippen molar-refractivity contribution in [2.75, 3.05) is 5.32 Å². The lowest BCUT2D eigenvalue weighted by Gasteiger charge is -2.38. The van der Waals surface area contributed by atoms with Gasteiger partial charge in [0, 0.05) is 16.8 Å². The summed E-state index contributed by atoms with van der Waals surface area (Å²) >= 11 is 0. The zero-order valence-electron chi connectivity index (χ0n) is 21.6. The molecule has 3 aromatic carbocycles. The average molecular weight is 517 g/mol. The van der Waals surface area contributed by atoms with Crippen LogP contribution in [0.15, 0.2) is 78.9 Å². The third-order valence-corrected chi connectivity index (χ3v) is 8.93. The number of hydrogen-bond donors (Lipinski definition) is 1. The van der Waals surface area contributed by atoms with Gasteiger partial charge in [0.2, 0.25) is 17.7 Å². The Morgan fingerprint density at radius 2 is 1.44 bits per heavy atom. The van der Waals surface area contributed by atoms with Gasteiger partial charge in [-0.05, 0) is 66.5 Å². The van der Waals surface area contributed by atoms with Crippen molar-refractivity contribution < 1.29 is 19.2 Å². The topological polar surface area (TPSA) is 83.6 Å². The molecule has 1 heterocycles. The van der Waals surface area contributed by atoms with Crippen LogP contribution in [0.3, 0.4) is 0 Å². The van der Waals surface area contributed by atoms with Crippen LogP contribution in [0.4, 0.5) is 5.69 Å². The van der Waals surface area contributed by atoms with Crippen molar-refractivity contribution in [3.05, 3.63) is 101 Å². The molecule has 1 aliphatic heterocycles. The summed E-state index contributed by atoms with van der Waals surface area (Å²) in [6.07, 6.45) is 5.98. The van der Waals surface area contributed by atoms with E-state index < -0.39 is 6.04 Å². The average Bonchev–Trinajstić information content (AvgIpc) is 3.39. The number of allylic oxidation sites excluding steroid dienone is 2. The van der Waals surface area contributed by atoms with E-state index in [4.69, 9.17) is 0 Å². The van der Waals surface area contributed by atoms with Crippen molar-refractivity contribution in [2.24, 2.45) is 23.7 Å². The number of hydrogen-bond acceptors (Lipinski definition) is 4. The van der Waals surface area contributed by atoms with Crippen molar-refractivity contribution in [1.82, 2.24) is 4.90 Å². The predicted molar refractivity (Wildman–Crippen MR) is 147 cm³/mol. The van der Waals surface area contributed by atoms with Gasteiger partial charge < -0.3 is 5.32 Å². The summed E-state index contributed by atoms with van der Waals surface area (Å²) in [6.45, 7) is 1.96. The molecule has 6 nitrogen and oxygen atoms in total. The normalized spacial score (nSPS) is 24.9. The molecule has 0 spiro atoms. The Kier molecular flexibility index (Phi) is 5.41. The molecule has 1 saturated carbocycles. The Morgan fingerprint density at radius 3 is 2.08 bits per heavy atom. The van der Waals surface area contributed by atoms with E-state index >= 15 is 0 Å². The van der Waals surface area contributed by atoms with Crippen molar-refractivity contribution in [3.8, 4) is 11.1 Å². The zero-order chi connectivity index (χ0) is 26.8. The van der Waals surface area contributed by atoms with E-state index in [2.05, 4.69) is 17.5 Å². The van der Waals surface area contributed by atoms with E-state index in [1.54, 1.807) is 12.1 Å². The minimum Gasteiger partial charge on any atom is -0.326 e. The van der Waals surface area contributed by atoms with Crippen LogP contribution in [0.1, 0.15) is 52.4 Å². The van der Waals surface area contributed by atoms with Gasteiger partial charge >= 0.3 is 0 Å². The van der Waals surface area contributed by atoms with Crippen LogP contribution in [0, 0.1) is 30.6 Å². The predicted octanol–water partition coefficient (Wildman–Crippen LogP) is 5.47. The number of nitrogens with one attached hydrogen (secondary N) is 1. The van der Waals surface area contributed by atoms with Crippen LogP contribution in [0.25, 0.3) is 11.1 Å². The number of carbonyl (C=O) groups excluding carboxylic acids is 4. The van der Waals surface area contributed by atoms with E-state index in [9.17, 15) is 19.2 Å². The number of anilines is 1. The van der Waals surface area contributed by atoms with Gasteiger partial charge in [0.25, 0.3) is 0 Å². The first kappa shape index (κ1) is 23.8. The zero-order valence-corrected chi connectivity index (χ0v) is 21.6. The molecule has 8 rings (SSSR count). The van der Waals surface area contributed by atoms with Gasteiger partial charge in [-0.3, -0.25) is 24.1 Å². The lowest BCUT2D eigenvalue weighted by Crippen LogP contribution is -2.38. The Labute approximate surface area is 226 Å². The second kappa shape index (κ2) is 8.87. The van der Waals surface area contributed by atoms with E-state index in [1.807, 2.05) is 61.5 Å². The van der Waals surface area contributed by atoms with Crippen molar-refractivity contribution >= 4 is 29.2 Å². The van der Waals surface area contributed by atoms with Gasteiger partial charge in [-0.15, -0.1) is 0 Å². The highest BCUT2D eigenvalue weighted by atomic mass is 16.2. The summed E-state index contributed by atoms with van der Waals surface area (Å²) in [5.41, 5.74) is 5.28. The number of benzene rings is 3. The molecular formula is C33H28N2O4. The number of fused-ring (bicyclic) bond motifs is 4. The highest BCUT2D eigenvalue weighted by Gasteiger charge is 2.58. The maximum atomic E-state index is 13.7. The molecule has 1 saturated heterocycles. The van der Waals surface area contributed by atoms with Crippen LogP contribution in [-0.2, 0) is 14.4 Å². The van der Waals surface area contributed by atoms with Crippen molar-refractivity contribution in [3.63, 3.8) is 0 Å². The summed E-state index contributed by atoms with van der Waals surface area (Å²) in [6, 6.07) is 19.8. The van der Waals surface area contributed by atoms with Crippen LogP contribution < -0.4 is 5.32 Å². The van der Waals surface area contributed by atoms with Crippen LogP contribution >= 0.6 is 0 Å². The number of imide groups is 1. The molecule has 2 bridgehead atoms. The molecule has 3 amide bonds. The maximum absolute atomic E-state index is 13.7. The number of aryl methyl sites for hydroxylation is 1. The molecule has 194 valence electrons. The molecule has 5 atom stereocenters. The summed E-state index contributed by atoms with van der Waals surface area (Å²) in [5, 5.41) is 2.92. The minimum absolute atomic E-state index is 0.0546. The minimum atomic E-state index is -0.695. The summed E-state index contributed by atoms with van der Waals surface area (Å²) in [7, 11) is 0. The largest absolute Gasteiger partial charge is 0.326 e. The second-order valence-corrected chi connectivity index (χ2v) is 11.2. The van der Waals surface area contributed by atoms with Gasteiger partial charge in [-0.2, -0.15) is 0 Å². The number of amides is 3. The number of likely N-dealkylation sites (tertiary alicyclic amines) is 1. The van der Waals surface area contributed by atoms with Crippen molar-refractivity contribution in [2.45, 2.75) is 32.2 Å². The lowest BCUT2D eigenvalue weighted by molar-refractivity contribution is -0.143. The highest BCUT2D eigenvalue weighted by molar-refractivity contribution is 6.22. The second-order valence-electron chi connectivity index (χ2n) is 11.2. The molecule has 0 aromatic heterocycles. The molecule has 0 unspecified atom stereocenters. The van der Waals surface area contributed by atoms with Crippen molar-refractivity contribution in [1.29, 1.82) is 0 Å². The third kappa shape index (κ3) is 3.69. The smallest absolute Gasteiger partial charge is 0.234 e. The van der Waals surface area contributed by atoms with E-state index in [-0.39, 0.29) is 53.6 Å². The fraction of sp³-hybridized carbons (Fsp3) is 0.273. The van der Waals surface area contributed by atoms with E-state index in [0.29, 0.717) is 16.8 Å². The summed E-state index contributed by atoms with van der Waals surface area (Å²) < 4.78 is 0. The number of rotatable bonds is 5. The summed E-state index contributed by atoms with van der Waals surface area (Å²) in [5.74, 6) is -1.19. The van der Waals surface area contributed by atoms with Gasteiger partial charge in [0.05, 0.1) is 24.3 Å².